The van der Waals surface area contributed by atoms with Crippen molar-refractivity contribution in [3.8, 4) is 6.07 Å². The molecule has 0 saturated carbocycles. The van der Waals surface area contributed by atoms with Gasteiger partial charge in [0, 0.05) is 22.2 Å². The van der Waals surface area contributed by atoms with Gasteiger partial charge in [-0.05, 0) is 24.6 Å². The van der Waals surface area contributed by atoms with E-state index in [1.54, 1.807) is 6.07 Å². The van der Waals surface area contributed by atoms with Crippen LogP contribution in [0.4, 0.5) is 13.2 Å². The number of carbonyl (C=O) groups is 2. The normalized spacial score (nSPS) is 17.1. The minimum Gasteiger partial charge on any atom is -0.545 e. The lowest BCUT2D eigenvalue weighted by atomic mass is 9.80. The number of nitrogens with zero attached hydrogens (tertiary/aromatic N) is 1. The van der Waals surface area contributed by atoms with Crippen LogP contribution in [0.15, 0.2) is 46.8 Å². The second-order valence-electron chi connectivity index (χ2n) is 5.77. The Labute approximate surface area is 162 Å². The third kappa shape index (κ3) is 4.46. The highest BCUT2D eigenvalue weighted by Crippen LogP contribution is 2.43. The number of benzene rings is 1. The van der Waals surface area contributed by atoms with Crippen molar-refractivity contribution >= 4 is 23.5 Å². The molecule has 0 aliphatic carbocycles. The van der Waals surface area contributed by atoms with Gasteiger partial charge < -0.3 is 20.0 Å². The highest BCUT2D eigenvalue weighted by molar-refractivity contribution is 6.30. The van der Waals surface area contributed by atoms with Gasteiger partial charge in [0.15, 0.2) is 0 Å². The number of ether oxygens (including phenoxy) is 1. The smallest absolute Gasteiger partial charge is 0.431 e. The number of halogens is 4. The molecule has 2 rings (SSSR count). The van der Waals surface area contributed by atoms with Crippen LogP contribution in [-0.4, -0.2) is 24.7 Å². The number of esters is 1. The Kier molecular flexibility index (Phi) is 6.36. The number of nitriles is 1. The summed E-state index contributed by atoms with van der Waals surface area (Å²) in [6.07, 6.45) is -5.17. The maximum Gasteiger partial charge on any atom is 0.431 e. The molecule has 10 heteroatoms. The zero-order valence-corrected chi connectivity index (χ0v) is 15.1. The first-order chi connectivity index (χ1) is 13.1. The lowest BCUT2D eigenvalue weighted by Gasteiger charge is -2.33. The summed E-state index contributed by atoms with van der Waals surface area (Å²) in [4.78, 5) is 24.2. The monoisotopic (exact) mass is 413 g/mol. The van der Waals surface area contributed by atoms with Crippen LogP contribution in [0.3, 0.4) is 0 Å². The highest BCUT2D eigenvalue weighted by Gasteiger charge is 2.45. The molecule has 0 spiro atoms. The molecule has 1 aliphatic rings. The first-order valence-corrected chi connectivity index (χ1v) is 8.25. The van der Waals surface area contributed by atoms with E-state index in [0.717, 1.165) is 0 Å². The van der Waals surface area contributed by atoms with Crippen LogP contribution in [0.1, 0.15) is 24.8 Å². The summed E-state index contributed by atoms with van der Waals surface area (Å²) in [6, 6.07) is 7.20. The van der Waals surface area contributed by atoms with Crippen molar-refractivity contribution < 1.29 is 32.6 Å². The first kappa shape index (κ1) is 21.3. The van der Waals surface area contributed by atoms with Gasteiger partial charge in [0.1, 0.15) is 12.3 Å². The van der Waals surface area contributed by atoms with Gasteiger partial charge in [0.2, 0.25) is 0 Å². The Hall–Kier alpha value is -2.99. The van der Waals surface area contributed by atoms with E-state index in [4.69, 9.17) is 21.6 Å². The van der Waals surface area contributed by atoms with Crippen molar-refractivity contribution in [3.05, 3.63) is 57.4 Å². The average molecular weight is 414 g/mol. The molecule has 1 aromatic rings. The topological polar surface area (TPSA) is 102 Å². The van der Waals surface area contributed by atoms with E-state index < -0.39 is 35.3 Å². The molecule has 1 N–H and O–H groups in total. The van der Waals surface area contributed by atoms with E-state index >= 15 is 0 Å². The van der Waals surface area contributed by atoms with E-state index in [9.17, 15) is 27.9 Å². The molecule has 1 aromatic carbocycles. The number of allylic oxidation sites excluding steroid dienone is 2. The number of carboxylic acids is 1. The molecule has 0 amide bonds. The van der Waals surface area contributed by atoms with Crippen LogP contribution in [0.2, 0.25) is 5.02 Å². The fourth-order valence-electron chi connectivity index (χ4n) is 2.83. The van der Waals surface area contributed by atoms with Crippen LogP contribution in [0.5, 0.6) is 0 Å². The molecular weight excluding hydrogens is 401 g/mol. The van der Waals surface area contributed by atoms with E-state index in [1.165, 1.54) is 31.2 Å². The maximum absolute atomic E-state index is 13.5. The zero-order valence-electron chi connectivity index (χ0n) is 14.4. The molecule has 28 heavy (non-hydrogen) atoms. The molecule has 0 aromatic heterocycles. The molecule has 0 radical (unpaired) electrons. The van der Waals surface area contributed by atoms with Crippen LogP contribution in [0.25, 0.3) is 0 Å². The molecule has 1 aliphatic heterocycles. The second kappa shape index (κ2) is 8.35. The quantitative estimate of drug-likeness (QED) is 0.587. The van der Waals surface area contributed by atoms with Gasteiger partial charge in [0.25, 0.3) is 0 Å². The third-order valence-electron chi connectivity index (χ3n) is 3.92. The van der Waals surface area contributed by atoms with Gasteiger partial charge in [-0.2, -0.15) is 18.4 Å². The number of hydrogen-bond donors (Lipinski definition) is 1. The standard InChI is InChI=1S/C18H14ClF3N2O4/c1-9-12(17(27)28-7-3-6-23)13(10-4-2-5-11(19)8-10)14(16(25)26)15(24-9)18(20,21)22/h2,4-5,8,13,24H,3,7H2,1H3,(H,25,26)/p-1. The van der Waals surface area contributed by atoms with Gasteiger partial charge in [0.05, 0.1) is 24.0 Å². The van der Waals surface area contributed by atoms with Gasteiger partial charge in [-0.25, -0.2) is 4.79 Å². The van der Waals surface area contributed by atoms with Gasteiger partial charge >= 0.3 is 12.1 Å². The third-order valence-corrected chi connectivity index (χ3v) is 4.15. The average Bonchev–Trinajstić information content (AvgIpc) is 2.59. The van der Waals surface area contributed by atoms with Crippen LogP contribution >= 0.6 is 11.6 Å². The first-order valence-electron chi connectivity index (χ1n) is 7.88. The maximum atomic E-state index is 13.5. The van der Waals surface area contributed by atoms with Crippen LogP contribution in [-0.2, 0) is 14.3 Å². The number of carbonyl (C=O) groups excluding carboxylic acids is 2. The summed E-state index contributed by atoms with van der Waals surface area (Å²) in [5.74, 6) is -4.78. The zero-order chi connectivity index (χ0) is 21.1. The van der Waals surface area contributed by atoms with Crippen LogP contribution in [0, 0.1) is 11.3 Å². The van der Waals surface area contributed by atoms with Crippen molar-refractivity contribution in [2.24, 2.45) is 0 Å². The Balaban J connectivity index is 2.69. The minimum atomic E-state index is -5.04. The second-order valence-corrected chi connectivity index (χ2v) is 6.21. The summed E-state index contributed by atoms with van der Waals surface area (Å²) >= 11 is 5.90. The van der Waals surface area contributed by atoms with Gasteiger partial charge in [-0.15, -0.1) is 0 Å². The molecule has 148 valence electrons. The van der Waals surface area contributed by atoms with Crippen LogP contribution < -0.4 is 10.4 Å². The lowest BCUT2D eigenvalue weighted by molar-refractivity contribution is -0.300. The van der Waals surface area contributed by atoms with Crippen molar-refractivity contribution in [2.45, 2.75) is 25.4 Å². The Morgan fingerprint density at radius 1 is 1.36 bits per heavy atom. The van der Waals surface area contributed by atoms with E-state index in [2.05, 4.69) is 0 Å². The molecule has 0 bridgehead atoms. The Morgan fingerprint density at radius 3 is 2.57 bits per heavy atom. The Bertz CT molecular complexity index is 916. The lowest BCUT2D eigenvalue weighted by Crippen LogP contribution is -2.41. The number of alkyl halides is 3. The van der Waals surface area contributed by atoms with Gasteiger partial charge in [-0.1, -0.05) is 23.7 Å². The number of nitrogens with one attached hydrogen (secondary N) is 1. The fourth-order valence-corrected chi connectivity index (χ4v) is 3.03. The minimum absolute atomic E-state index is 0.0431. The van der Waals surface area contributed by atoms with Gasteiger partial charge in [-0.3, -0.25) is 0 Å². The predicted molar refractivity (Wildman–Crippen MR) is 89.3 cm³/mol. The summed E-state index contributed by atoms with van der Waals surface area (Å²) in [5, 5.41) is 22.3. The number of rotatable bonds is 5. The summed E-state index contributed by atoms with van der Waals surface area (Å²) in [5.41, 5.74) is -3.23. The number of aliphatic carboxylic acids is 1. The molecule has 0 saturated heterocycles. The van der Waals surface area contributed by atoms with E-state index in [-0.39, 0.29) is 34.9 Å². The number of carboxylic acid groups (broad SMARTS) is 1. The van der Waals surface area contributed by atoms with Crippen molar-refractivity contribution in [1.82, 2.24) is 5.32 Å². The highest BCUT2D eigenvalue weighted by atomic mass is 35.5. The van der Waals surface area contributed by atoms with E-state index in [1.807, 2.05) is 5.32 Å². The predicted octanol–water partition coefficient (Wildman–Crippen LogP) is 2.32. The summed E-state index contributed by atoms with van der Waals surface area (Å²) in [6.45, 7) is 0.890. The van der Waals surface area contributed by atoms with E-state index in [0.29, 0.717) is 0 Å². The molecular formula is C18H13ClF3N2O4-. The van der Waals surface area contributed by atoms with Crippen molar-refractivity contribution in [3.63, 3.8) is 0 Å². The largest absolute Gasteiger partial charge is 0.545 e. The number of dihydropyridines is 1. The molecule has 6 nitrogen and oxygen atoms in total. The molecule has 1 heterocycles. The summed E-state index contributed by atoms with van der Waals surface area (Å²) < 4.78 is 45.3. The summed E-state index contributed by atoms with van der Waals surface area (Å²) in [7, 11) is 0. The molecule has 1 atom stereocenters. The number of hydrogen-bond acceptors (Lipinski definition) is 6. The molecule has 1 unspecified atom stereocenters. The Morgan fingerprint density at radius 2 is 2.04 bits per heavy atom. The van der Waals surface area contributed by atoms with Crippen molar-refractivity contribution in [2.75, 3.05) is 6.61 Å². The fraction of sp³-hybridized carbons (Fsp3) is 0.278. The van der Waals surface area contributed by atoms with Crippen molar-refractivity contribution in [1.29, 1.82) is 5.26 Å². The SMILES string of the molecule is CC1=C(C(=O)OCCC#N)C(c2cccc(Cl)c2)C(C(=O)[O-])=C(C(F)(F)F)N1. The molecule has 0 fully saturated rings.